The number of ether oxygens (including phenoxy) is 2. The molecule has 3 rings (SSSR count). The largest absolute Gasteiger partial charge is 0.493 e. The number of nitriles is 1. The number of carbonyl (C=O) groups excluding carboxylic acids is 1. The molecule has 1 N–H and O–H groups in total. The van der Waals surface area contributed by atoms with E-state index < -0.39 is 5.91 Å². The van der Waals surface area contributed by atoms with Crippen LogP contribution in [0.4, 0.5) is 5.69 Å². The van der Waals surface area contributed by atoms with Crippen molar-refractivity contribution in [1.29, 1.82) is 5.26 Å². The summed E-state index contributed by atoms with van der Waals surface area (Å²) in [6.07, 6.45) is 3.19. The van der Waals surface area contributed by atoms with Crippen molar-refractivity contribution in [1.82, 2.24) is 4.98 Å². The van der Waals surface area contributed by atoms with Crippen LogP contribution in [0.3, 0.4) is 0 Å². The van der Waals surface area contributed by atoms with Crippen LogP contribution in [0, 0.1) is 11.3 Å². The molecule has 0 radical (unpaired) electrons. The first-order chi connectivity index (χ1) is 13.2. The average Bonchev–Trinajstić information content (AvgIpc) is 2.72. The molecule has 0 saturated heterocycles. The Morgan fingerprint density at radius 1 is 1.11 bits per heavy atom. The van der Waals surface area contributed by atoms with Gasteiger partial charge < -0.3 is 14.8 Å². The van der Waals surface area contributed by atoms with Crippen LogP contribution in [0.2, 0.25) is 0 Å². The number of hydrogen-bond donors (Lipinski definition) is 1. The van der Waals surface area contributed by atoms with Crippen molar-refractivity contribution < 1.29 is 14.3 Å². The third kappa shape index (κ3) is 3.88. The molecule has 1 amide bonds. The standard InChI is InChI=1S/C21H17N3O3/c1-26-19-9-8-14(12-20(19)27-2)11-15(13-22)21(25)24-18-7-3-6-17-16(18)5-4-10-23-17/h3-12H,1-2H3,(H,24,25). The van der Waals surface area contributed by atoms with Gasteiger partial charge in [-0.25, -0.2) is 0 Å². The van der Waals surface area contributed by atoms with E-state index in [1.807, 2.05) is 18.2 Å². The van der Waals surface area contributed by atoms with Gasteiger partial charge in [-0.05, 0) is 48.0 Å². The summed E-state index contributed by atoms with van der Waals surface area (Å²) >= 11 is 0. The maximum atomic E-state index is 12.6. The molecule has 0 aliphatic heterocycles. The lowest BCUT2D eigenvalue weighted by Crippen LogP contribution is -2.13. The quantitative estimate of drug-likeness (QED) is 0.553. The van der Waals surface area contributed by atoms with Crippen LogP contribution in [-0.4, -0.2) is 25.1 Å². The number of rotatable bonds is 5. The fourth-order valence-electron chi connectivity index (χ4n) is 2.66. The summed E-state index contributed by atoms with van der Waals surface area (Å²) in [6.45, 7) is 0. The smallest absolute Gasteiger partial charge is 0.266 e. The lowest BCUT2D eigenvalue weighted by atomic mass is 10.1. The lowest BCUT2D eigenvalue weighted by Gasteiger charge is -2.09. The zero-order chi connectivity index (χ0) is 19.2. The van der Waals surface area contributed by atoms with Gasteiger partial charge in [-0.3, -0.25) is 9.78 Å². The summed E-state index contributed by atoms with van der Waals surface area (Å²) in [5, 5.41) is 13.0. The highest BCUT2D eigenvalue weighted by Crippen LogP contribution is 2.28. The molecule has 2 aromatic carbocycles. The lowest BCUT2D eigenvalue weighted by molar-refractivity contribution is -0.112. The number of pyridine rings is 1. The van der Waals surface area contributed by atoms with E-state index in [1.165, 1.54) is 13.2 Å². The number of fused-ring (bicyclic) bond motifs is 1. The molecule has 3 aromatic rings. The van der Waals surface area contributed by atoms with Gasteiger partial charge in [0.25, 0.3) is 5.91 Å². The van der Waals surface area contributed by atoms with Gasteiger partial charge in [-0.15, -0.1) is 0 Å². The Morgan fingerprint density at radius 2 is 1.93 bits per heavy atom. The van der Waals surface area contributed by atoms with Crippen molar-refractivity contribution in [3.8, 4) is 17.6 Å². The number of methoxy groups -OCH3 is 2. The molecule has 6 heteroatoms. The summed E-state index contributed by atoms with van der Waals surface area (Å²) in [7, 11) is 3.07. The third-order valence-corrected chi connectivity index (χ3v) is 3.98. The molecule has 0 atom stereocenters. The van der Waals surface area contributed by atoms with Crippen molar-refractivity contribution in [2.45, 2.75) is 0 Å². The van der Waals surface area contributed by atoms with E-state index in [4.69, 9.17) is 9.47 Å². The van der Waals surface area contributed by atoms with Crippen LogP contribution < -0.4 is 14.8 Å². The zero-order valence-electron chi connectivity index (χ0n) is 14.9. The first kappa shape index (κ1) is 18.0. The van der Waals surface area contributed by atoms with E-state index in [-0.39, 0.29) is 5.57 Å². The summed E-state index contributed by atoms with van der Waals surface area (Å²) in [6, 6.07) is 16.2. The molecule has 0 bridgehead atoms. The summed E-state index contributed by atoms with van der Waals surface area (Å²) in [5.41, 5.74) is 1.98. The van der Waals surface area contributed by atoms with Gasteiger partial charge in [0.1, 0.15) is 11.6 Å². The molecule has 6 nitrogen and oxygen atoms in total. The average molecular weight is 359 g/mol. The van der Waals surface area contributed by atoms with Gasteiger partial charge >= 0.3 is 0 Å². The molecule has 0 unspecified atom stereocenters. The number of nitrogens with one attached hydrogen (secondary N) is 1. The van der Waals surface area contributed by atoms with Crippen LogP contribution in [0.5, 0.6) is 11.5 Å². The van der Waals surface area contributed by atoms with Gasteiger partial charge in [0.15, 0.2) is 11.5 Å². The van der Waals surface area contributed by atoms with Crippen LogP contribution in [0.15, 0.2) is 60.3 Å². The normalized spacial score (nSPS) is 10.9. The Bertz CT molecular complexity index is 1060. The number of anilines is 1. The zero-order valence-corrected chi connectivity index (χ0v) is 14.9. The Labute approximate surface area is 156 Å². The highest BCUT2D eigenvalue weighted by molar-refractivity contribution is 6.12. The second-order valence-corrected chi connectivity index (χ2v) is 5.61. The maximum Gasteiger partial charge on any atom is 0.266 e. The minimum absolute atomic E-state index is 0.0249. The van der Waals surface area contributed by atoms with Crippen LogP contribution in [0.1, 0.15) is 5.56 Å². The second-order valence-electron chi connectivity index (χ2n) is 5.61. The van der Waals surface area contributed by atoms with Gasteiger partial charge in [-0.2, -0.15) is 5.26 Å². The van der Waals surface area contributed by atoms with Crippen LogP contribution in [-0.2, 0) is 4.79 Å². The fraction of sp³-hybridized carbons (Fsp3) is 0.0952. The van der Waals surface area contributed by atoms with Gasteiger partial charge in [0.05, 0.1) is 25.4 Å². The van der Waals surface area contributed by atoms with Gasteiger partial charge in [-0.1, -0.05) is 12.1 Å². The minimum Gasteiger partial charge on any atom is -0.493 e. The maximum absolute atomic E-state index is 12.6. The van der Waals surface area contributed by atoms with E-state index in [0.717, 1.165) is 10.9 Å². The van der Waals surface area contributed by atoms with Crippen LogP contribution in [0.25, 0.3) is 17.0 Å². The molecule has 0 fully saturated rings. The summed E-state index contributed by atoms with van der Waals surface area (Å²) < 4.78 is 10.4. The van der Waals surface area contributed by atoms with Crippen molar-refractivity contribution in [2.24, 2.45) is 0 Å². The number of nitrogens with zero attached hydrogens (tertiary/aromatic N) is 2. The van der Waals surface area contributed by atoms with E-state index >= 15 is 0 Å². The van der Waals surface area contributed by atoms with Crippen LogP contribution >= 0.6 is 0 Å². The SMILES string of the molecule is COc1ccc(C=C(C#N)C(=O)Nc2cccc3ncccc23)cc1OC. The monoisotopic (exact) mass is 359 g/mol. The molecule has 27 heavy (non-hydrogen) atoms. The minimum atomic E-state index is -0.497. The molecule has 1 heterocycles. The topological polar surface area (TPSA) is 84.2 Å². The Morgan fingerprint density at radius 3 is 2.67 bits per heavy atom. The molecule has 1 aromatic heterocycles. The van der Waals surface area contributed by atoms with E-state index in [1.54, 1.807) is 49.7 Å². The summed E-state index contributed by atoms with van der Waals surface area (Å²) in [4.78, 5) is 16.9. The molecular weight excluding hydrogens is 342 g/mol. The second kappa shape index (κ2) is 8.02. The van der Waals surface area contributed by atoms with Crippen molar-refractivity contribution >= 4 is 28.6 Å². The summed E-state index contributed by atoms with van der Waals surface area (Å²) in [5.74, 6) is 0.591. The molecule has 134 valence electrons. The van der Waals surface area contributed by atoms with Crippen molar-refractivity contribution in [3.63, 3.8) is 0 Å². The van der Waals surface area contributed by atoms with Crippen molar-refractivity contribution in [3.05, 3.63) is 65.9 Å². The van der Waals surface area contributed by atoms with E-state index in [2.05, 4.69) is 10.3 Å². The van der Waals surface area contributed by atoms with Gasteiger partial charge in [0.2, 0.25) is 0 Å². The number of hydrogen-bond acceptors (Lipinski definition) is 5. The number of amides is 1. The third-order valence-electron chi connectivity index (χ3n) is 3.98. The Balaban J connectivity index is 1.90. The number of benzene rings is 2. The Hall–Kier alpha value is -3.85. The molecule has 0 spiro atoms. The highest BCUT2D eigenvalue weighted by Gasteiger charge is 2.12. The predicted molar refractivity (Wildman–Crippen MR) is 104 cm³/mol. The fourth-order valence-corrected chi connectivity index (χ4v) is 2.66. The molecule has 0 aliphatic carbocycles. The number of aromatic nitrogens is 1. The van der Waals surface area contributed by atoms with Gasteiger partial charge in [0, 0.05) is 11.6 Å². The van der Waals surface area contributed by atoms with E-state index in [0.29, 0.717) is 22.7 Å². The first-order valence-electron chi connectivity index (χ1n) is 8.15. The predicted octanol–water partition coefficient (Wildman–Crippen LogP) is 3.80. The highest BCUT2D eigenvalue weighted by atomic mass is 16.5. The van der Waals surface area contributed by atoms with Crippen molar-refractivity contribution in [2.75, 3.05) is 19.5 Å². The number of carbonyl (C=O) groups is 1. The molecule has 0 saturated carbocycles. The molecule has 0 aliphatic rings. The molecular formula is C21H17N3O3. The Kier molecular flexibility index (Phi) is 5.33. The van der Waals surface area contributed by atoms with E-state index in [9.17, 15) is 10.1 Å². The first-order valence-corrected chi connectivity index (χ1v) is 8.15.